The molecule has 0 aromatic heterocycles. The minimum absolute atomic E-state index is 0.0301. The van der Waals surface area contributed by atoms with Crippen molar-refractivity contribution in [2.45, 2.75) is 167 Å². The van der Waals surface area contributed by atoms with E-state index in [4.69, 9.17) is 25.8 Å². The van der Waals surface area contributed by atoms with Gasteiger partial charge >= 0.3 is 12.4 Å². The number of alkyl halides is 7. The smallest absolute Gasteiger partial charge is 0.390 e. The van der Waals surface area contributed by atoms with Gasteiger partial charge in [-0.15, -0.1) is 11.6 Å². The largest absolute Gasteiger partial charge is 0.489 e. The number of rotatable bonds is 13. The van der Waals surface area contributed by atoms with Gasteiger partial charge in [0.1, 0.15) is 35.6 Å². The van der Waals surface area contributed by atoms with Crippen LogP contribution < -0.4 is 14.2 Å². The Hall–Kier alpha value is -3.19. The SMILES string of the molecule is CC(C)(C)c1ccc(OC2CCCN(CCCCl)C2)cc1.CC(C)(C)c1ccc(O[C@@H]2CCCN(CCC(F)(F)F)C2)cc1.CC(C)(C)c1ccc(O[C@H]2CCCN(CCC(F)(F)F)C2)cc1. The summed E-state index contributed by atoms with van der Waals surface area (Å²) in [4.78, 5) is 6.18. The van der Waals surface area contributed by atoms with Crippen LogP contribution in [0.15, 0.2) is 72.8 Å². The maximum atomic E-state index is 12.3. The zero-order chi connectivity index (χ0) is 49.5. The van der Waals surface area contributed by atoms with Crippen molar-refractivity contribution in [3.8, 4) is 17.2 Å². The predicted octanol–water partition coefficient (Wildman–Crippen LogP) is 14.0. The number of benzene rings is 3. The number of nitrogens with zero attached hydrogens (tertiary/aromatic N) is 3. The fourth-order valence-corrected chi connectivity index (χ4v) is 8.59. The van der Waals surface area contributed by atoms with Crippen LogP contribution in [0.4, 0.5) is 26.3 Å². The van der Waals surface area contributed by atoms with Gasteiger partial charge in [0.25, 0.3) is 0 Å². The van der Waals surface area contributed by atoms with Crippen LogP contribution in [0.25, 0.3) is 0 Å². The van der Waals surface area contributed by atoms with Crippen molar-refractivity contribution in [1.29, 1.82) is 0 Å². The molecule has 3 heterocycles. The van der Waals surface area contributed by atoms with Gasteiger partial charge in [-0.1, -0.05) is 98.7 Å². The minimum Gasteiger partial charge on any atom is -0.489 e. The Balaban J connectivity index is 0.000000220. The summed E-state index contributed by atoms with van der Waals surface area (Å²) >= 11 is 5.78. The second kappa shape index (κ2) is 25.6. The Morgan fingerprint density at radius 3 is 0.955 bits per heavy atom. The van der Waals surface area contributed by atoms with Crippen LogP contribution in [-0.2, 0) is 16.2 Å². The molecule has 3 aliphatic rings. The Labute approximate surface area is 404 Å². The van der Waals surface area contributed by atoms with Gasteiger partial charge in [0, 0.05) is 38.6 Å². The molecule has 378 valence electrons. The molecule has 0 radical (unpaired) electrons. The molecule has 3 saturated heterocycles. The summed E-state index contributed by atoms with van der Waals surface area (Å²) in [6.45, 7) is 25.6. The molecule has 0 spiro atoms. The Morgan fingerprint density at radius 1 is 0.448 bits per heavy atom. The van der Waals surface area contributed by atoms with Gasteiger partial charge in [-0.2, -0.15) is 26.3 Å². The molecule has 3 atom stereocenters. The van der Waals surface area contributed by atoms with Gasteiger partial charge < -0.3 is 14.2 Å². The molecule has 0 N–H and O–H groups in total. The van der Waals surface area contributed by atoms with E-state index >= 15 is 0 Å². The molecule has 0 saturated carbocycles. The molecular formula is C54H80ClF6N3O3. The molecule has 6 rings (SSSR count). The molecule has 67 heavy (non-hydrogen) atoms. The Bertz CT molecular complexity index is 1740. The van der Waals surface area contributed by atoms with Crippen LogP contribution in [0.1, 0.15) is 137 Å². The van der Waals surface area contributed by atoms with Crippen molar-refractivity contribution in [2.75, 3.05) is 64.8 Å². The molecule has 1 unspecified atom stereocenters. The van der Waals surface area contributed by atoms with E-state index in [-0.39, 0.29) is 41.5 Å². The predicted molar refractivity (Wildman–Crippen MR) is 262 cm³/mol. The molecule has 0 amide bonds. The fraction of sp³-hybridized carbons (Fsp3) is 0.667. The van der Waals surface area contributed by atoms with Crippen molar-refractivity contribution in [3.63, 3.8) is 0 Å². The standard InChI is InChI=1S/C18H28ClNO.2C18H26F3NO/c1-18(2,3)15-7-9-16(10-8-15)21-17-6-4-12-20(14-17)13-5-11-19;2*1-17(2,3)14-6-8-15(9-7-14)23-16-5-4-11-22(13-16)12-10-18(19,20)21/h7-10,17H,4-6,11-14H2,1-3H3;2*6-9,16H,4-5,10-13H2,1-3H3/t;2*16-/m.10/s1. The highest BCUT2D eigenvalue weighted by molar-refractivity contribution is 6.17. The van der Waals surface area contributed by atoms with E-state index in [9.17, 15) is 26.3 Å². The summed E-state index contributed by atoms with van der Waals surface area (Å²) in [5, 5.41) is 0. The average molecular weight is 969 g/mol. The van der Waals surface area contributed by atoms with Gasteiger partial charge in [-0.05, 0) is 140 Å². The van der Waals surface area contributed by atoms with E-state index < -0.39 is 25.2 Å². The number of ether oxygens (including phenoxy) is 3. The lowest BCUT2D eigenvalue weighted by molar-refractivity contribution is -0.140. The quantitative estimate of drug-likeness (QED) is 0.126. The highest BCUT2D eigenvalue weighted by atomic mass is 35.5. The van der Waals surface area contributed by atoms with E-state index in [1.807, 2.05) is 34.1 Å². The summed E-state index contributed by atoms with van der Waals surface area (Å²) < 4.78 is 92.1. The van der Waals surface area contributed by atoms with Crippen molar-refractivity contribution < 1.29 is 40.6 Å². The van der Waals surface area contributed by atoms with E-state index in [2.05, 4.69) is 116 Å². The molecule has 3 fully saturated rings. The normalized spacial score (nSPS) is 20.5. The highest BCUT2D eigenvalue weighted by Gasteiger charge is 2.31. The van der Waals surface area contributed by atoms with E-state index in [1.165, 1.54) is 29.7 Å². The zero-order valence-corrected chi connectivity index (χ0v) is 42.6. The monoisotopic (exact) mass is 968 g/mol. The summed E-state index contributed by atoms with van der Waals surface area (Å²) in [6, 6.07) is 24.6. The van der Waals surface area contributed by atoms with Crippen LogP contribution in [0.3, 0.4) is 0 Å². The molecule has 0 aliphatic carbocycles. The lowest BCUT2D eigenvalue weighted by atomic mass is 9.87. The Morgan fingerprint density at radius 2 is 0.716 bits per heavy atom. The first-order chi connectivity index (χ1) is 31.3. The highest BCUT2D eigenvalue weighted by Crippen LogP contribution is 2.30. The van der Waals surface area contributed by atoms with Gasteiger partial charge in [-0.25, -0.2) is 0 Å². The Kier molecular flexibility index (Phi) is 21.6. The lowest BCUT2D eigenvalue weighted by Gasteiger charge is -2.33. The molecule has 3 aromatic carbocycles. The van der Waals surface area contributed by atoms with Crippen molar-refractivity contribution in [3.05, 3.63) is 89.5 Å². The first-order valence-electron chi connectivity index (χ1n) is 24.4. The number of likely N-dealkylation sites (tertiary alicyclic amines) is 3. The van der Waals surface area contributed by atoms with E-state index in [1.54, 1.807) is 0 Å². The summed E-state index contributed by atoms with van der Waals surface area (Å²) in [6.07, 6.45) is -2.45. The lowest BCUT2D eigenvalue weighted by Crippen LogP contribution is -2.42. The third kappa shape index (κ3) is 22.0. The van der Waals surface area contributed by atoms with Crippen LogP contribution in [0.5, 0.6) is 17.2 Å². The topological polar surface area (TPSA) is 37.4 Å². The first kappa shape index (κ1) is 56.4. The van der Waals surface area contributed by atoms with E-state index in [0.29, 0.717) is 19.2 Å². The third-order valence-corrected chi connectivity index (χ3v) is 12.8. The number of hydrogen-bond acceptors (Lipinski definition) is 6. The molecule has 13 heteroatoms. The van der Waals surface area contributed by atoms with Crippen LogP contribution in [0, 0.1) is 0 Å². The van der Waals surface area contributed by atoms with Crippen LogP contribution >= 0.6 is 11.6 Å². The first-order valence-corrected chi connectivity index (χ1v) is 25.0. The maximum absolute atomic E-state index is 12.3. The van der Waals surface area contributed by atoms with Gasteiger partial charge in [0.15, 0.2) is 0 Å². The van der Waals surface area contributed by atoms with Gasteiger partial charge in [0.2, 0.25) is 0 Å². The number of hydrogen-bond donors (Lipinski definition) is 0. The summed E-state index contributed by atoms with van der Waals surface area (Å²) in [5.74, 6) is 3.32. The third-order valence-electron chi connectivity index (χ3n) is 12.5. The molecule has 3 aliphatic heterocycles. The zero-order valence-electron chi connectivity index (χ0n) is 41.8. The molecule has 3 aromatic rings. The van der Waals surface area contributed by atoms with Crippen molar-refractivity contribution in [1.82, 2.24) is 14.7 Å². The van der Waals surface area contributed by atoms with E-state index in [0.717, 1.165) is 87.8 Å². The minimum atomic E-state index is -4.09. The molecule has 0 bridgehead atoms. The summed E-state index contributed by atoms with van der Waals surface area (Å²) in [5.41, 5.74) is 4.21. The van der Waals surface area contributed by atoms with Gasteiger partial charge in [-0.3, -0.25) is 14.7 Å². The van der Waals surface area contributed by atoms with Gasteiger partial charge in [0.05, 0.1) is 12.8 Å². The van der Waals surface area contributed by atoms with Crippen LogP contribution in [-0.4, -0.2) is 110 Å². The summed E-state index contributed by atoms with van der Waals surface area (Å²) in [7, 11) is 0. The molecule has 6 nitrogen and oxygen atoms in total. The molecular weight excluding hydrogens is 888 g/mol. The van der Waals surface area contributed by atoms with Crippen molar-refractivity contribution in [2.24, 2.45) is 0 Å². The second-order valence-electron chi connectivity index (χ2n) is 21.6. The maximum Gasteiger partial charge on any atom is 0.390 e. The second-order valence-corrected chi connectivity index (χ2v) is 22.0. The number of halogens is 7. The average Bonchev–Trinajstić information content (AvgIpc) is 3.24. The van der Waals surface area contributed by atoms with Crippen molar-refractivity contribution >= 4 is 11.6 Å². The fourth-order valence-electron chi connectivity index (χ4n) is 8.47. The number of piperidine rings is 3. The van der Waals surface area contributed by atoms with Crippen LogP contribution in [0.2, 0.25) is 0 Å².